The van der Waals surface area contributed by atoms with Crippen LogP contribution >= 0.6 is 0 Å². The van der Waals surface area contributed by atoms with E-state index in [4.69, 9.17) is 15.0 Å². The van der Waals surface area contributed by atoms with E-state index in [-0.39, 0.29) is 12.4 Å². The third-order valence-electron chi connectivity index (χ3n) is 6.14. The summed E-state index contributed by atoms with van der Waals surface area (Å²) >= 11 is 0. The lowest BCUT2D eigenvalue weighted by Crippen LogP contribution is -2.43. The predicted molar refractivity (Wildman–Crippen MR) is 116 cm³/mol. The van der Waals surface area contributed by atoms with E-state index in [0.717, 1.165) is 69.7 Å². The molecule has 3 heterocycles. The van der Waals surface area contributed by atoms with Gasteiger partial charge in [-0.05, 0) is 56.4 Å². The molecule has 2 N–H and O–H groups in total. The van der Waals surface area contributed by atoms with Crippen molar-refractivity contribution in [1.29, 1.82) is 0 Å². The van der Waals surface area contributed by atoms with Crippen LogP contribution in [0.3, 0.4) is 0 Å². The van der Waals surface area contributed by atoms with Gasteiger partial charge in [-0.2, -0.15) is 13.2 Å². The largest absolute Gasteiger partial charge is 0.490 e. The lowest BCUT2D eigenvalue weighted by Gasteiger charge is -2.35. The number of aliphatic hydroxyl groups excluding tert-OH is 1. The number of aliphatic carboxylic acids is 1. The van der Waals surface area contributed by atoms with Gasteiger partial charge in [-0.25, -0.2) is 13.9 Å². The normalized spacial score (nSPS) is 19.7. The third-order valence-corrected chi connectivity index (χ3v) is 6.14. The number of nitrogens with zero attached hydrogens (tertiary/aromatic N) is 5. The zero-order chi connectivity index (χ0) is 24.7. The van der Waals surface area contributed by atoms with Crippen molar-refractivity contribution in [2.75, 3.05) is 37.7 Å². The second-order valence-electron chi connectivity index (χ2n) is 8.45. The van der Waals surface area contributed by atoms with Crippen molar-refractivity contribution >= 4 is 11.7 Å². The number of carbonyl (C=O) groups is 1. The standard InChI is InChI=1S/C20H28FN5O.C2HF3O2/c21-16-3-5-18(6-4-16)25-12-9-20(15-25)24-10-7-19(8-11-24)26-14-17(22-23-26)2-1-13-27;3-2(4,5)1(6)7/h3-6,14,19-20,27H,1-2,7-13,15H2;(H,6,7). The first-order valence-corrected chi connectivity index (χ1v) is 11.2. The van der Waals surface area contributed by atoms with Crippen LogP contribution in [0.5, 0.6) is 0 Å². The lowest BCUT2D eigenvalue weighted by atomic mass is 10.0. The minimum absolute atomic E-state index is 0.177. The maximum Gasteiger partial charge on any atom is 0.490 e. The molecule has 1 aromatic carbocycles. The fourth-order valence-corrected chi connectivity index (χ4v) is 4.31. The van der Waals surface area contributed by atoms with Crippen LogP contribution in [-0.4, -0.2) is 81.1 Å². The molecule has 2 saturated heterocycles. The fraction of sp³-hybridized carbons (Fsp3) is 0.591. The van der Waals surface area contributed by atoms with Crippen molar-refractivity contribution < 1.29 is 32.6 Å². The second-order valence-corrected chi connectivity index (χ2v) is 8.45. The first kappa shape index (κ1) is 25.9. The van der Waals surface area contributed by atoms with E-state index in [9.17, 15) is 17.6 Å². The van der Waals surface area contributed by atoms with E-state index in [1.54, 1.807) is 12.1 Å². The summed E-state index contributed by atoms with van der Waals surface area (Å²) in [5, 5.41) is 24.6. The van der Waals surface area contributed by atoms with Crippen LogP contribution in [0.25, 0.3) is 0 Å². The van der Waals surface area contributed by atoms with Crippen molar-refractivity contribution in [2.45, 2.75) is 50.4 Å². The Morgan fingerprint density at radius 1 is 1.06 bits per heavy atom. The van der Waals surface area contributed by atoms with E-state index in [2.05, 4.69) is 20.1 Å². The van der Waals surface area contributed by atoms with Crippen LogP contribution in [0.15, 0.2) is 30.5 Å². The molecule has 4 rings (SSSR count). The SMILES string of the molecule is O=C(O)C(F)(F)F.OCCCc1cn(C2CCN(C3CCN(c4ccc(F)cc4)C3)CC2)nn1. The van der Waals surface area contributed by atoms with Gasteiger partial charge in [0.05, 0.1) is 11.7 Å². The minimum Gasteiger partial charge on any atom is -0.475 e. The van der Waals surface area contributed by atoms with Crippen LogP contribution < -0.4 is 4.90 Å². The molecule has 1 unspecified atom stereocenters. The molecule has 0 aliphatic carbocycles. The molecule has 34 heavy (non-hydrogen) atoms. The maximum atomic E-state index is 13.1. The number of rotatable bonds is 6. The Labute approximate surface area is 194 Å². The average molecular weight is 487 g/mol. The smallest absolute Gasteiger partial charge is 0.475 e. The van der Waals surface area contributed by atoms with Crippen LogP contribution in [0.1, 0.15) is 37.4 Å². The van der Waals surface area contributed by atoms with Gasteiger partial charge in [0.2, 0.25) is 0 Å². The van der Waals surface area contributed by atoms with E-state index in [1.165, 1.54) is 0 Å². The number of alkyl halides is 3. The van der Waals surface area contributed by atoms with Gasteiger partial charge in [-0.15, -0.1) is 5.10 Å². The highest BCUT2D eigenvalue weighted by Crippen LogP contribution is 2.28. The predicted octanol–water partition coefficient (Wildman–Crippen LogP) is 2.89. The Morgan fingerprint density at radius 2 is 1.68 bits per heavy atom. The highest BCUT2D eigenvalue weighted by Gasteiger charge is 2.38. The summed E-state index contributed by atoms with van der Waals surface area (Å²) in [5.41, 5.74) is 2.09. The molecule has 2 aromatic rings. The third kappa shape index (κ3) is 7.13. The average Bonchev–Trinajstić information content (AvgIpc) is 3.48. The Bertz CT molecular complexity index is 914. The van der Waals surface area contributed by atoms with Crippen LogP contribution in [0.4, 0.5) is 23.2 Å². The summed E-state index contributed by atoms with van der Waals surface area (Å²) in [6, 6.07) is 7.84. The molecule has 12 heteroatoms. The van der Waals surface area contributed by atoms with E-state index in [1.807, 2.05) is 23.0 Å². The van der Waals surface area contributed by atoms with Gasteiger partial charge in [0, 0.05) is 50.7 Å². The molecule has 0 spiro atoms. The minimum atomic E-state index is -5.08. The summed E-state index contributed by atoms with van der Waals surface area (Å²) in [5.74, 6) is -2.93. The molecule has 8 nitrogen and oxygen atoms in total. The van der Waals surface area contributed by atoms with Gasteiger partial charge in [0.25, 0.3) is 0 Å². The molecular formula is C22H29F4N5O3. The number of carboxylic acid groups (broad SMARTS) is 1. The van der Waals surface area contributed by atoms with Crippen molar-refractivity contribution in [3.63, 3.8) is 0 Å². The molecule has 0 saturated carbocycles. The first-order valence-electron chi connectivity index (χ1n) is 11.2. The summed E-state index contributed by atoms with van der Waals surface area (Å²) in [4.78, 5) is 13.9. The van der Waals surface area contributed by atoms with E-state index >= 15 is 0 Å². The topological polar surface area (TPSA) is 94.7 Å². The fourth-order valence-electron chi connectivity index (χ4n) is 4.31. The Balaban J connectivity index is 0.000000406. The Morgan fingerprint density at radius 3 is 2.26 bits per heavy atom. The monoisotopic (exact) mass is 487 g/mol. The quantitative estimate of drug-likeness (QED) is 0.605. The Hall–Kier alpha value is -2.73. The Kier molecular flexibility index (Phi) is 8.84. The van der Waals surface area contributed by atoms with Gasteiger partial charge in [0.1, 0.15) is 5.82 Å². The van der Waals surface area contributed by atoms with Crippen molar-refractivity contribution in [3.8, 4) is 0 Å². The van der Waals surface area contributed by atoms with Gasteiger partial charge >= 0.3 is 12.1 Å². The number of aryl methyl sites for hydroxylation is 1. The number of likely N-dealkylation sites (tertiary alicyclic amines) is 1. The summed E-state index contributed by atoms with van der Waals surface area (Å²) < 4.78 is 46.9. The van der Waals surface area contributed by atoms with Crippen LogP contribution in [0.2, 0.25) is 0 Å². The number of anilines is 1. The van der Waals surface area contributed by atoms with Crippen molar-refractivity contribution in [2.24, 2.45) is 0 Å². The molecule has 0 radical (unpaired) electrons. The summed E-state index contributed by atoms with van der Waals surface area (Å²) in [7, 11) is 0. The first-order chi connectivity index (χ1) is 16.2. The van der Waals surface area contributed by atoms with Crippen LogP contribution in [0, 0.1) is 5.82 Å². The zero-order valence-electron chi connectivity index (χ0n) is 18.7. The number of carboxylic acids is 1. The van der Waals surface area contributed by atoms with Gasteiger partial charge in [-0.3, -0.25) is 4.90 Å². The number of aromatic nitrogens is 3. The second kappa shape index (κ2) is 11.6. The molecule has 0 amide bonds. The number of aliphatic hydroxyl groups is 1. The molecular weight excluding hydrogens is 458 g/mol. The molecule has 1 atom stereocenters. The van der Waals surface area contributed by atoms with E-state index in [0.29, 0.717) is 12.1 Å². The number of halogens is 4. The van der Waals surface area contributed by atoms with Crippen molar-refractivity contribution in [1.82, 2.24) is 19.9 Å². The number of benzene rings is 1. The molecule has 2 aliphatic heterocycles. The van der Waals surface area contributed by atoms with Crippen LogP contribution in [-0.2, 0) is 11.2 Å². The zero-order valence-corrected chi connectivity index (χ0v) is 18.7. The molecule has 188 valence electrons. The molecule has 0 bridgehead atoms. The summed E-state index contributed by atoms with van der Waals surface area (Å²) in [6.07, 6.45) is 1.84. The maximum absolute atomic E-state index is 13.1. The number of hydrogen-bond acceptors (Lipinski definition) is 6. The van der Waals surface area contributed by atoms with Crippen molar-refractivity contribution in [3.05, 3.63) is 42.0 Å². The van der Waals surface area contributed by atoms with Gasteiger partial charge < -0.3 is 15.1 Å². The van der Waals surface area contributed by atoms with E-state index < -0.39 is 12.1 Å². The summed E-state index contributed by atoms with van der Waals surface area (Å²) in [6.45, 7) is 4.41. The highest BCUT2D eigenvalue weighted by atomic mass is 19.4. The highest BCUT2D eigenvalue weighted by molar-refractivity contribution is 5.73. The molecule has 2 aliphatic rings. The van der Waals surface area contributed by atoms with Gasteiger partial charge in [0.15, 0.2) is 0 Å². The number of hydrogen-bond donors (Lipinski definition) is 2. The molecule has 1 aromatic heterocycles. The molecule has 2 fully saturated rings. The van der Waals surface area contributed by atoms with Gasteiger partial charge in [-0.1, -0.05) is 5.21 Å². The lowest BCUT2D eigenvalue weighted by molar-refractivity contribution is -0.192. The number of piperidine rings is 1.